The summed E-state index contributed by atoms with van der Waals surface area (Å²) in [5.74, 6) is 0.801. The van der Waals surface area contributed by atoms with Gasteiger partial charge in [0.2, 0.25) is 0 Å². The molecule has 0 fully saturated rings. The van der Waals surface area contributed by atoms with Gasteiger partial charge >= 0.3 is 0 Å². The number of nitrogens with one attached hydrogen (secondary N) is 2. The first-order valence-electron chi connectivity index (χ1n) is 10.5. The molecular weight excluding hydrogens is 531 g/mol. The van der Waals surface area contributed by atoms with Crippen molar-refractivity contribution < 1.29 is 0 Å². The number of aryl methyl sites for hydroxylation is 1. The summed E-state index contributed by atoms with van der Waals surface area (Å²) in [6.07, 6.45) is 3.92. The van der Waals surface area contributed by atoms with Crippen LogP contribution in [0.4, 0.5) is 0 Å². The summed E-state index contributed by atoms with van der Waals surface area (Å²) < 4.78 is 1.70. The number of halogens is 1. The summed E-state index contributed by atoms with van der Waals surface area (Å²) >= 11 is 1.77. The Kier molecular flexibility index (Phi) is 10.8. The Morgan fingerprint density at radius 1 is 1.03 bits per heavy atom. The Hall–Kier alpha value is -2.26. The van der Waals surface area contributed by atoms with E-state index in [1.807, 2.05) is 12.3 Å². The minimum Gasteiger partial charge on any atom is -0.357 e. The van der Waals surface area contributed by atoms with Crippen LogP contribution in [-0.2, 0) is 19.6 Å². The lowest BCUT2D eigenvalue weighted by Gasteiger charge is -2.14. The lowest BCUT2D eigenvalue weighted by Crippen LogP contribution is -2.36. The van der Waals surface area contributed by atoms with Gasteiger partial charge in [0.05, 0.1) is 13.1 Å². The van der Waals surface area contributed by atoms with E-state index >= 15 is 0 Å². The fraction of sp³-hybridized carbons (Fsp3) is 0.280. The van der Waals surface area contributed by atoms with E-state index < -0.39 is 0 Å². The molecule has 0 unspecified atom stereocenters. The van der Waals surface area contributed by atoms with Crippen molar-refractivity contribution in [2.75, 3.05) is 12.8 Å². The van der Waals surface area contributed by atoms with Crippen LogP contribution in [0, 0.1) is 6.92 Å². The van der Waals surface area contributed by atoms with Gasteiger partial charge in [0.15, 0.2) is 5.96 Å². The second-order valence-corrected chi connectivity index (χ2v) is 8.20. The maximum atomic E-state index is 11.9. The van der Waals surface area contributed by atoms with Gasteiger partial charge in [-0.15, -0.1) is 35.7 Å². The molecule has 3 rings (SSSR count). The number of guanidine groups is 1. The van der Waals surface area contributed by atoms with Crippen molar-refractivity contribution in [3.05, 3.63) is 99.5 Å². The van der Waals surface area contributed by atoms with Crippen molar-refractivity contribution in [3.63, 3.8) is 0 Å². The normalized spacial score (nSPS) is 11.0. The molecule has 2 N–H and O–H groups in total. The fourth-order valence-corrected chi connectivity index (χ4v) is 3.93. The van der Waals surface area contributed by atoms with Gasteiger partial charge in [0.1, 0.15) is 0 Å². The number of rotatable bonds is 8. The number of aliphatic imine (C=N–C) groups is 1. The molecule has 5 nitrogen and oxygen atoms in total. The second kappa shape index (κ2) is 13.3. The molecule has 0 aliphatic heterocycles. The number of pyridine rings is 1. The van der Waals surface area contributed by atoms with Gasteiger partial charge in [-0.3, -0.25) is 4.79 Å². The van der Waals surface area contributed by atoms with Crippen LogP contribution in [0.3, 0.4) is 0 Å². The highest BCUT2D eigenvalue weighted by molar-refractivity contribution is 14.0. The topological polar surface area (TPSA) is 58.4 Å². The smallest absolute Gasteiger partial charge is 0.250 e. The van der Waals surface area contributed by atoms with Crippen LogP contribution < -0.4 is 16.2 Å². The van der Waals surface area contributed by atoms with Gasteiger partial charge in [-0.05, 0) is 54.5 Å². The molecule has 3 aromatic rings. The zero-order valence-corrected chi connectivity index (χ0v) is 21.9. The summed E-state index contributed by atoms with van der Waals surface area (Å²) in [4.78, 5) is 17.9. The largest absolute Gasteiger partial charge is 0.357 e. The number of hydrogen-bond acceptors (Lipinski definition) is 3. The first kappa shape index (κ1) is 26.0. The standard InChI is InChI=1S/C25H30N4OS.HI/c1-4-26-25(28-17-22-13-8-19(2)15-23(22)31-3)27-16-20-9-11-21(12-10-20)18-29-14-6-5-7-24(29)30;/h5-15H,4,16-18H2,1-3H3,(H2,26,27,28);1H. The van der Waals surface area contributed by atoms with Crippen LogP contribution in [-0.4, -0.2) is 23.3 Å². The van der Waals surface area contributed by atoms with Gasteiger partial charge in [0, 0.05) is 30.2 Å². The minimum absolute atomic E-state index is 0. The third-order valence-corrected chi connectivity index (χ3v) is 5.75. The van der Waals surface area contributed by atoms with Crippen molar-refractivity contribution >= 4 is 41.7 Å². The Morgan fingerprint density at radius 2 is 1.78 bits per heavy atom. The summed E-state index contributed by atoms with van der Waals surface area (Å²) in [7, 11) is 0. The van der Waals surface area contributed by atoms with Gasteiger partial charge in [-0.25, -0.2) is 4.99 Å². The van der Waals surface area contributed by atoms with E-state index in [1.165, 1.54) is 16.0 Å². The lowest BCUT2D eigenvalue weighted by molar-refractivity contribution is 0.759. The number of nitrogens with zero attached hydrogens (tertiary/aromatic N) is 2. The molecule has 0 atom stereocenters. The first-order valence-corrected chi connectivity index (χ1v) is 11.7. The molecule has 0 spiro atoms. The Labute approximate surface area is 211 Å². The summed E-state index contributed by atoms with van der Waals surface area (Å²) in [6, 6.07) is 20.0. The number of benzene rings is 2. The molecule has 1 aromatic heterocycles. The Bertz CT molecular complexity index is 1080. The highest BCUT2D eigenvalue weighted by Crippen LogP contribution is 2.21. The van der Waals surface area contributed by atoms with E-state index in [2.05, 4.69) is 73.2 Å². The Morgan fingerprint density at radius 3 is 2.47 bits per heavy atom. The molecular formula is C25H31IN4OS. The molecule has 32 heavy (non-hydrogen) atoms. The van der Waals surface area contributed by atoms with Crippen molar-refractivity contribution in [2.45, 2.75) is 38.4 Å². The van der Waals surface area contributed by atoms with E-state index in [0.29, 0.717) is 13.1 Å². The predicted molar refractivity (Wildman–Crippen MR) is 146 cm³/mol. The molecule has 7 heteroatoms. The second-order valence-electron chi connectivity index (χ2n) is 7.35. The molecule has 0 radical (unpaired) electrons. The van der Waals surface area contributed by atoms with E-state index in [0.717, 1.165) is 30.2 Å². The molecule has 0 aliphatic carbocycles. The zero-order valence-electron chi connectivity index (χ0n) is 18.8. The number of aromatic nitrogens is 1. The highest BCUT2D eigenvalue weighted by Gasteiger charge is 2.04. The average Bonchev–Trinajstić information content (AvgIpc) is 2.78. The van der Waals surface area contributed by atoms with Crippen LogP contribution in [0.1, 0.15) is 29.2 Å². The molecule has 1 heterocycles. The molecule has 170 valence electrons. The number of thioether (sulfide) groups is 1. The van der Waals surface area contributed by atoms with Crippen molar-refractivity contribution in [1.82, 2.24) is 15.2 Å². The number of hydrogen-bond donors (Lipinski definition) is 2. The SMILES string of the molecule is CCNC(=NCc1ccc(Cn2ccccc2=O)cc1)NCc1ccc(C)cc1SC.I. The molecule has 0 aliphatic rings. The quantitative estimate of drug-likeness (QED) is 0.179. The molecule has 0 bridgehead atoms. The van der Waals surface area contributed by atoms with E-state index in [-0.39, 0.29) is 29.5 Å². The third-order valence-electron chi connectivity index (χ3n) is 4.93. The molecule has 0 saturated carbocycles. The van der Waals surface area contributed by atoms with Crippen molar-refractivity contribution in [1.29, 1.82) is 0 Å². The van der Waals surface area contributed by atoms with Crippen LogP contribution in [0.2, 0.25) is 0 Å². The van der Waals surface area contributed by atoms with E-state index in [1.54, 1.807) is 28.5 Å². The maximum Gasteiger partial charge on any atom is 0.250 e. The lowest BCUT2D eigenvalue weighted by atomic mass is 10.1. The van der Waals surface area contributed by atoms with Crippen molar-refractivity contribution in [2.24, 2.45) is 4.99 Å². The maximum absolute atomic E-state index is 11.9. The minimum atomic E-state index is 0. The summed E-state index contributed by atoms with van der Waals surface area (Å²) in [6.45, 7) is 6.88. The summed E-state index contributed by atoms with van der Waals surface area (Å²) in [5.41, 5.74) is 4.77. The van der Waals surface area contributed by atoms with Crippen molar-refractivity contribution in [3.8, 4) is 0 Å². The van der Waals surface area contributed by atoms with E-state index in [9.17, 15) is 4.79 Å². The van der Waals surface area contributed by atoms with E-state index in [4.69, 9.17) is 4.99 Å². The first-order chi connectivity index (χ1) is 15.1. The average molecular weight is 563 g/mol. The highest BCUT2D eigenvalue weighted by atomic mass is 127. The zero-order chi connectivity index (χ0) is 22.1. The molecule has 0 amide bonds. The van der Waals surface area contributed by atoms with Crippen LogP contribution >= 0.6 is 35.7 Å². The molecule has 2 aromatic carbocycles. The summed E-state index contributed by atoms with van der Waals surface area (Å²) in [5, 5.41) is 6.76. The Balaban J connectivity index is 0.00000363. The monoisotopic (exact) mass is 562 g/mol. The predicted octanol–water partition coefficient (Wildman–Crippen LogP) is 4.80. The van der Waals surface area contributed by atoms with Gasteiger partial charge in [0.25, 0.3) is 5.56 Å². The van der Waals surface area contributed by atoms with Gasteiger partial charge < -0.3 is 15.2 Å². The van der Waals surface area contributed by atoms with Crippen LogP contribution in [0.5, 0.6) is 0 Å². The third kappa shape index (κ3) is 7.70. The van der Waals surface area contributed by atoms with Crippen LogP contribution in [0.15, 0.2) is 81.5 Å². The molecule has 0 saturated heterocycles. The fourth-order valence-electron chi connectivity index (χ4n) is 3.23. The van der Waals surface area contributed by atoms with Crippen LogP contribution in [0.25, 0.3) is 0 Å². The van der Waals surface area contributed by atoms with Gasteiger partial charge in [-0.2, -0.15) is 0 Å². The van der Waals surface area contributed by atoms with Gasteiger partial charge in [-0.1, -0.05) is 42.5 Å².